The van der Waals surface area contributed by atoms with Crippen LogP contribution in [0.1, 0.15) is 31.2 Å². The van der Waals surface area contributed by atoms with Gasteiger partial charge < -0.3 is 5.32 Å². The molecule has 2 N–H and O–H groups in total. The van der Waals surface area contributed by atoms with Gasteiger partial charge in [-0.25, -0.2) is 8.42 Å². The monoisotopic (exact) mass is 406 g/mol. The van der Waals surface area contributed by atoms with E-state index in [2.05, 4.69) is 10.0 Å². The standard InChI is InChI=1S/C20H23ClN2O3S/c21-16-10-12-18(13-11-16)27(25,26)23-19(14-15-6-2-1-3-7-15)20(24)22-17-8-4-5-9-17/h1-3,6-7,10-13,17,19,23H,4-5,8-9,14H2,(H,22,24)/t19-/m1/s1. The number of sulfonamides is 1. The van der Waals surface area contributed by atoms with Gasteiger partial charge in [-0.1, -0.05) is 54.8 Å². The summed E-state index contributed by atoms with van der Waals surface area (Å²) in [5, 5.41) is 3.45. The van der Waals surface area contributed by atoms with Gasteiger partial charge in [0.05, 0.1) is 4.90 Å². The number of amides is 1. The molecule has 144 valence electrons. The molecule has 3 rings (SSSR count). The summed E-state index contributed by atoms with van der Waals surface area (Å²) in [7, 11) is -3.84. The van der Waals surface area contributed by atoms with E-state index >= 15 is 0 Å². The first-order valence-electron chi connectivity index (χ1n) is 9.06. The van der Waals surface area contributed by atoms with Crippen molar-refractivity contribution in [2.45, 2.75) is 49.1 Å². The van der Waals surface area contributed by atoms with E-state index < -0.39 is 16.1 Å². The van der Waals surface area contributed by atoms with E-state index in [4.69, 9.17) is 11.6 Å². The largest absolute Gasteiger partial charge is 0.352 e. The van der Waals surface area contributed by atoms with E-state index in [1.165, 1.54) is 24.3 Å². The second-order valence-corrected chi connectivity index (χ2v) is 8.96. The van der Waals surface area contributed by atoms with Crippen LogP contribution in [0.15, 0.2) is 59.5 Å². The molecule has 0 heterocycles. The first-order chi connectivity index (χ1) is 12.9. The maximum absolute atomic E-state index is 12.8. The fraction of sp³-hybridized carbons (Fsp3) is 0.350. The number of halogens is 1. The molecule has 1 atom stereocenters. The van der Waals surface area contributed by atoms with E-state index in [0.29, 0.717) is 5.02 Å². The number of carbonyl (C=O) groups is 1. The first-order valence-corrected chi connectivity index (χ1v) is 10.9. The molecule has 1 aliphatic carbocycles. The van der Waals surface area contributed by atoms with Crippen LogP contribution < -0.4 is 10.0 Å². The lowest BCUT2D eigenvalue weighted by molar-refractivity contribution is -0.123. The van der Waals surface area contributed by atoms with Crippen LogP contribution in [0.5, 0.6) is 0 Å². The molecular weight excluding hydrogens is 384 g/mol. The molecule has 7 heteroatoms. The molecular formula is C20H23ClN2O3S. The number of benzene rings is 2. The molecule has 0 saturated heterocycles. The van der Waals surface area contributed by atoms with Crippen LogP contribution in [0, 0.1) is 0 Å². The molecule has 0 aliphatic heterocycles. The normalized spacial score (nSPS) is 16.2. The lowest BCUT2D eigenvalue weighted by atomic mass is 10.1. The minimum absolute atomic E-state index is 0.0821. The van der Waals surface area contributed by atoms with E-state index in [1.54, 1.807) is 0 Å². The second kappa shape index (κ2) is 8.87. The summed E-state index contributed by atoms with van der Waals surface area (Å²) in [6.07, 6.45) is 4.34. The van der Waals surface area contributed by atoms with Gasteiger partial charge in [0, 0.05) is 11.1 Å². The molecule has 0 unspecified atom stereocenters. The number of carbonyl (C=O) groups excluding carboxylic acids is 1. The first kappa shape index (κ1) is 19.9. The molecule has 2 aromatic rings. The Hall–Kier alpha value is -1.89. The van der Waals surface area contributed by atoms with E-state index in [-0.39, 0.29) is 23.3 Å². The van der Waals surface area contributed by atoms with Crippen molar-refractivity contribution in [3.63, 3.8) is 0 Å². The summed E-state index contributed by atoms with van der Waals surface area (Å²) in [5.74, 6) is -0.289. The smallest absolute Gasteiger partial charge is 0.241 e. The molecule has 2 aromatic carbocycles. The van der Waals surface area contributed by atoms with Gasteiger partial charge in [-0.15, -0.1) is 0 Å². The van der Waals surface area contributed by atoms with E-state index in [1.807, 2.05) is 30.3 Å². The van der Waals surface area contributed by atoms with Crippen molar-refractivity contribution in [1.29, 1.82) is 0 Å². The number of hydrogen-bond acceptors (Lipinski definition) is 3. The third-order valence-electron chi connectivity index (χ3n) is 4.72. The summed E-state index contributed by atoms with van der Waals surface area (Å²) in [4.78, 5) is 12.9. The molecule has 0 bridgehead atoms. The molecule has 0 aromatic heterocycles. The maximum atomic E-state index is 12.8. The number of nitrogens with one attached hydrogen (secondary N) is 2. The second-order valence-electron chi connectivity index (χ2n) is 6.81. The minimum Gasteiger partial charge on any atom is -0.352 e. The van der Waals surface area contributed by atoms with Crippen LogP contribution in [-0.2, 0) is 21.2 Å². The highest BCUT2D eigenvalue weighted by molar-refractivity contribution is 7.89. The van der Waals surface area contributed by atoms with Crippen molar-refractivity contribution >= 4 is 27.5 Å². The van der Waals surface area contributed by atoms with Crippen molar-refractivity contribution in [3.05, 3.63) is 65.2 Å². The van der Waals surface area contributed by atoms with Gasteiger partial charge >= 0.3 is 0 Å². The predicted molar refractivity (Wildman–Crippen MR) is 106 cm³/mol. The predicted octanol–water partition coefficient (Wildman–Crippen LogP) is 3.29. The van der Waals surface area contributed by atoms with Crippen LogP contribution in [0.2, 0.25) is 5.02 Å². The maximum Gasteiger partial charge on any atom is 0.241 e. The molecule has 0 spiro atoms. The molecule has 27 heavy (non-hydrogen) atoms. The van der Waals surface area contributed by atoms with Gasteiger partial charge in [0.2, 0.25) is 15.9 Å². The zero-order valence-electron chi connectivity index (χ0n) is 14.9. The fourth-order valence-corrected chi connectivity index (χ4v) is 4.60. The molecule has 1 fully saturated rings. The minimum atomic E-state index is -3.84. The third-order valence-corrected chi connectivity index (χ3v) is 6.46. The molecule has 5 nitrogen and oxygen atoms in total. The fourth-order valence-electron chi connectivity index (χ4n) is 3.28. The Morgan fingerprint density at radius 2 is 1.67 bits per heavy atom. The van der Waals surface area contributed by atoms with Crippen LogP contribution >= 0.6 is 11.6 Å². The summed E-state index contributed by atoms with van der Waals surface area (Å²) in [6.45, 7) is 0. The zero-order chi connectivity index (χ0) is 19.3. The zero-order valence-corrected chi connectivity index (χ0v) is 16.5. The quantitative estimate of drug-likeness (QED) is 0.740. The van der Waals surface area contributed by atoms with Crippen molar-refractivity contribution in [1.82, 2.24) is 10.0 Å². The lowest BCUT2D eigenvalue weighted by Crippen LogP contribution is -2.50. The van der Waals surface area contributed by atoms with Gasteiger partial charge in [-0.3, -0.25) is 4.79 Å². The summed E-state index contributed by atoms with van der Waals surface area (Å²) in [5.41, 5.74) is 0.892. The highest BCUT2D eigenvalue weighted by Crippen LogP contribution is 2.19. The average molecular weight is 407 g/mol. The van der Waals surface area contributed by atoms with Crippen molar-refractivity contribution in [2.24, 2.45) is 0 Å². The third kappa shape index (κ3) is 5.54. The summed E-state index contributed by atoms with van der Waals surface area (Å²) in [6, 6.07) is 14.5. The molecule has 1 amide bonds. The van der Waals surface area contributed by atoms with Crippen molar-refractivity contribution < 1.29 is 13.2 Å². The number of hydrogen-bond donors (Lipinski definition) is 2. The Morgan fingerprint density at radius 3 is 2.30 bits per heavy atom. The van der Waals surface area contributed by atoms with Crippen LogP contribution in [0.4, 0.5) is 0 Å². The van der Waals surface area contributed by atoms with Gasteiger partial charge in [-0.2, -0.15) is 4.72 Å². The molecule has 0 radical (unpaired) electrons. The Bertz CT molecular complexity index is 864. The highest BCUT2D eigenvalue weighted by Gasteiger charge is 2.28. The molecule has 1 saturated carbocycles. The van der Waals surface area contributed by atoms with Gasteiger partial charge in [0.25, 0.3) is 0 Å². The van der Waals surface area contributed by atoms with E-state index in [9.17, 15) is 13.2 Å². The van der Waals surface area contributed by atoms with Crippen LogP contribution in [0.25, 0.3) is 0 Å². The molecule has 1 aliphatic rings. The van der Waals surface area contributed by atoms with Crippen LogP contribution in [-0.4, -0.2) is 26.4 Å². The van der Waals surface area contributed by atoms with Crippen molar-refractivity contribution in [2.75, 3.05) is 0 Å². The lowest BCUT2D eigenvalue weighted by Gasteiger charge is -2.21. The Balaban J connectivity index is 1.79. The van der Waals surface area contributed by atoms with Gasteiger partial charge in [0.15, 0.2) is 0 Å². The SMILES string of the molecule is O=C(NC1CCCC1)[C@@H](Cc1ccccc1)NS(=O)(=O)c1ccc(Cl)cc1. The highest BCUT2D eigenvalue weighted by atomic mass is 35.5. The van der Waals surface area contributed by atoms with Gasteiger partial charge in [-0.05, 0) is 49.1 Å². The Labute approximate surface area is 165 Å². The van der Waals surface area contributed by atoms with Gasteiger partial charge in [0.1, 0.15) is 6.04 Å². The summed E-state index contributed by atoms with van der Waals surface area (Å²) >= 11 is 5.84. The topological polar surface area (TPSA) is 75.3 Å². The summed E-state index contributed by atoms with van der Waals surface area (Å²) < 4.78 is 28.1. The Morgan fingerprint density at radius 1 is 1.04 bits per heavy atom. The number of rotatable bonds is 7. The average Bonchev–Trinajstić information content (AvgIpc) is 3.15. The van der Waals surface area contributed by atoms with E-state index in [0.717, 1.165) is 31.2 Å². The van der Waals surface area contributed by atoms with Crippen molar-refractivity contribution in [3.8, 4) is 0 Å². The Kier molecular flexibility index (Phi) is 6.52. The van der Waals surface area contributed by atoms with Crippen LogP contribution in [0.3, 0.4) is 0 Å².